The zero-order chi connectivity index (χ0) is 22.5. The summed E-state index contributed by atoms with van der Waals surface area (Å²) in [6.45, 7) is 6.53. The Balaban J connectivity index is 1.90. The van der Waals surface area contributed by atoms with Gasteiger partial charge in [-0.2, -0.15) is 11.3 Å². The molecule has 31 heavy (non-hydrogen) atoms. The number of aromatic nitrogens is 1. The van der Waals surface area contributed by atoms with E-state index in [0.717, 1.165) is 31.2 Å². The van der Waals surface area contributed by atoms with E-state index >= 15 is 0 Å². The molecule has 7 heteroatoms. The minimum atomic E-state index is -0.491. The fourth-order valence-corrected chi connectivity index (χ4v) is 4.96. The Morgan fingerprint density at radius 1 is 1.19 bits per heavy atom. The molecule has 168 valence electrons. The molecule has 2 aromatic heterocycles. The molecule has 0 radical (unpaired) electrons. The van der Waals surface area contributed by atoms with Crippen LogP contribution in [0.2, 0.25) is 0 Å². The SMILES string of the molecule is CC(C)CN(C)C(=O)c1cn(C2CCCC2)cc(C(=O)N[C@@H](C)Cc2ccsc2)c1=O. The van der Waals surface area contributed by atoms with E-state index in [1.54, 1.807) is 35.7 Å². The average Bonchev–Trinajstić information content (AvgIpc) is 3.41. The van der Waals surface area contributed by atoms with E-state index < -0.39 is 11.3 Å². The highest BCUT2D eigenvalue weighted by Gasteiger charge is 2.25. The van der Waals surface area contributed by atoms with Crippen molar-refractivity contribution in [2.45, 2.75) is 65.0 Å². The molecule has 3 rings (SSSR count). The van der Waals surface area contributed by atoms with Gasteiger partial charge in [0.2, 0.25) is 5.43 Å². The molecule has 1 fully saturated rings. The molecule has 2 aromatic rings. The van der Waals surface area contributed by atoms with Crippen LogP contribution in [0.3, 0.4) is 0 Å². The number of pyridine rings is 1. The first kappa shape index (κ1) is 23.3. The lowest BCUT2D eigenvalue weighted by atomic mass is 10.1. The second kappa shape index (κ2) is 10.3. The average molecular weight is 444 g/mol. The lowest BCUT2D eigenvalue weighted by Crippen LogP contribution is -2.40. The van der Waals surface area contributed by atoms with Crippen molar-refractivity contribution in [1.29, 1.82) is 0 Å². The molecule has 2 heterocycles. The lowest BCUT2D eigenvalue weighted by molar-refractivity contribution is 0.0776. The Morgan fingerprint density at radius 2 is 1.87 bits per heavy atom. The van der Waals surface area contributed by atoms with Crippen molar-refractivity contribution in [2.24, 2.45) is 5.92 Å². The molecule has 0 aromatic carbocycles. The molecule has 0 aliphatic heterocycles. The number of nitrogens with zero attached hydrogens (tertiary/aromatic N) is 2. The Kier molecular flexibility index (Phi) is 7.70. The van der Waals surface area contributed by atoms with Crippen LogP contribution in [0.4, 0.5) is 0 Å². The van der Waals surface area contributed by atoms with Crippen LogP contribution in [0.25, 0.3) is 0 Å². The third-order valence-corrected chi connectivity index (χ3v) is 6.48. The number of rotatable bonds is 8. The molecular formula is C24H33N3O3S. The molecule has 1 saturated carbocycles. The van der Waals surface area contributed by atoms with Gasteiger partial charge in [-0.15, -0.1) is 0 Å². The summed E-state index contributed by atoms with van der Waals surface area (Å²) in [5.74, 6) is -0.456. The Bertz CT molecular complexity index is 959. The van der Waals surface area contributed by atoms with Gasteiger partial charge in [-0.1, -0.05) is 26.7 Å². The number of thiophene rings is 1. The molecule has 0 spiro atoms. The van der Waals surface area contributed by atoms with Crippen molar-refractivity contribution in [3.63, 3.8) is 0 Å². The summed E-state index contributed by atoms with van der Waals surface area (Å²) in [5, 5.41) is 7.01. The number of hydrogen-bond acceptors (Lipinski definition) is 4. The van der Waals surface area contributed by atoms with E-state index in [4.69, 9.17) is 0 Å². The smallest absolute Gasteiger partial charge is 0.259 e. The van der Waals surface area contributed by atoms with Crippen molar-refractivity contribution in [1.82, 2.24) is 14.8 Å². The molecule has 1 aliphatic rings. The zero-order valence-corrected chi connectivity index (χ0v) is 19.7. The highest BCUT2D eigenvalue weighted by atomic mass is 32.1. The van der Waals surface area contributed by atoms with Gasteiger partial charge in [-0.25, -0.2) is 0 Å². The summed E-state index contributed by atoms with van der Waals surface area (Å²) in [6, 6.07) is 2.13. The summed E-state index contributed by atoms with van der Waals surface area (Å²) in [6.07, 6.45) is 8.22. The predicted octanol–water partition coefficient (Wildman–Crippen LogP) is 4.11. The molecule has 1 aliphatic carbocycles. The summed E-state index contributed by atoms with van der Waals surface area (Å²) in [5.41, 5.74) is 0.788. The first-order chi connectivity index (χ1) is 14.8. The molecule has 2 amide bonds. The van der Waals surface area contributed by atoms with Gasteiger partial charge in [-0.05, 0) is 54.5 Å². The Hall–Kier alpha value is -2.41. The Labute approximate surface area is 188 Å². The van der Waals surface area contributed by atoms with E-state index in [1.807, 2.05) is 36.8 Å². The summed E-state index contributed by atoms with van der Waals surface area (Å²) < 4.78 is 1.92. The number of hydrogen-bond donors (Lipinski definition) is 1. The van der Waals surface area contributed by atoms with Crippen molar-refractivity contribution in [3.8, 4) is 0 Å². The van der Waals surface area contributed by atoms with Gasteiger partial charge in [0.1, 0.15) is 11.1 Å². The molecule has 1 atom stereocenters. The first-order valence-electron chi connectivity index (χ1n) is 11.1. The Morgan fingerprint density at radius 3 is 2.48 bits per heavy atom. The second-order valence-electron chi connectivity index (χ2n) is 9.09. The van der Waals surface area contributed by atoms with E-state index in [1.165, 1.54) is 0 Å². The third-order valence-electron chi connectivity index (χ3n) is 5.75. The van der Waals surface area contributed by atoms with Crippen LogP contribution in [0.5, 0.6) is 0 Å². The van der Waals surface area contributed by atoms with Crippen LogP contribution in [0.1, 0.15) is 78.8 Å². The number of carbonyl (C=O) groups excluding carboxylic acids is 2. The van der Waals surface area contributed by atoms with Gasteiger partial charge in [0.15, 0.2) is 0 Å². The van der Waals surface area contributed by atoms with E-state index in [9.17, 15) is 14.4 Å². The maximum atomic E-state index is 13.2. The van der Waals surface area contributed by atoms with Gasteiger partial charge < -0.3 is 14.8 Å². The van der Waals surface area contributed by atoms with E-state index in [0.29, 0.717) is 13.0 Å². The quantitative estimate of drug-likeness (QED) is 0.667. The molecule has 0 saturated heterocycles. The summed E-state index contributed by atoms with van der Waals surface area (Å²) in [4.78, 5) is 40.9. The zero-order valence-electron chi connectivity index (χ0n) is 18.9. The maximum absolute atomic E-state index is 13.2. The largest absolute Gasteiger partial charge is 0.349 e. The molecule has 0 bridgehead atoms. The molecule has 0 unspecified atom stereocenters. The van der Waals surface area contributed by atoms with Crippen LogP contribution in [-0.2, 0) is 6.42 Å². The topological polar surface area (TPSA) is 71.4 Å². The minimum Gasteiger partial charge on any atom is -0.349 e. The van der Waals surface area contributed by atoms with Crippen molar-refractivity contribution >= 4 is 23.2 Å². The first-order valence-corrected chi connectivity index (χ1v) is 12.0. The normalized spacial score (nSPS) is 15.3. The molecule has 6 nitrogen and oxygen atoms in total. The predicted molar refractivity (Wildman–Crippen MR) is 125 cm³/mol. The fourth-order valence-electron chi connectivity index (χ4n) is 4.28. The summed E-state index contributed by atoms with van der Waals surface area (Å²) >= 11 is 1.62. The van der Waals surface area contributed by atoms with Gasteiger partial charge in [0.05, 0.1) is 0 Å². The van der Waals surface area contributed by atoms with Crippen molar-refractivity contribution in [2.75, 3.05) is 13.6 Å². The van der Waals surface area contributed by atoms with Gasteiger partial charge in [0, 0.05) is 38.1 Å². The van der Waals surface area contributed by atoms with Gasteiger partial charge >= 0.3 is 0 Å². The highest BCUT2D eigenvalue weighted by molar-refractivity contribution is 7.07. The van der Waals surface area contributed by atoms with Gasteiger partial charge in [0.25, 0.3) is 11.8 Å². The van der Waals surface area contributed by atoms with Crippen LogP contribution in [0.15, 0.2) is 34.0 Å². The van der Waals surface area contributed by atoms with Gasteiger partial charge in [-0.3, -0.25) is 14.4 Å². The highest BCUT2D eigenvalue weighted by Crippen LogP contribution is 2.29. The summed E-state index contributed by atoms with van der Waals surface area (Å²) in [7, 11) is 1.71. The monoisotopic (exact) mass is 443 g/mol. The molecule has 1 N–H and O–H groups in total. The molecular weight excluding hydrogens is 410 g/mol. The van der Waals surface area contributed by atoms with Crippen LogP contribution >= 0.6 is 11.3 Å². The standard InChI is InChI=1S/C24H33N3O3S/c1-16(2)12-26(4)24(30)21-14-27(19-7-5-6-8-19)13-20(22(21)28)23(29)25-17(3)11-18-9-10-31-15-18/h9-10,13-17,19H,5-8,11-12H2,1-4H3,(H,25,29)/t17-/m0/s1. The number of carbonyl (C=O) groups is 2. The number of nitrogens with one attached hydrogen (secondary N) is 1. The lowest BCUT2D eigenvalue weighted by Gasteiger charge is -2.22. The number of amides is 2. The van der Waals surface area contributed by atoms with E-state index in [-0.39, 0.29) is 35.0 Å². The maximum Gasteiger partial charge on any atom is 0.259 e. The van der Waals surface area contributed by atoms with Crippen LogP contribution < -0.4 is 10.7 Å². The second-order valence-corrected chi connectivity index (χ2v) is 9.87. The third kappa shape index (κ3) is 5.85. The van der Waals surface area contributed by atoms with Crippen molar-refractivity contribution < 1.29 is 9.59 Å². The van der Waals surface area contributed by atoms with Crippen molar-refractivity contribution in [3.05, 3.63) is 56.1 Å². The van der Waals surface area contributed by atoms with E-state index in [2.05, 4.69) is 10.7 Å². The minimum absolute atomic E-state index is 0.0489. The fraction of sp³-hybridized carbons (Fsp3) is 0.542. The van der Waals surface area contributed by atoms with Crippen LogP contribution in [0, 0.1) is 5.92 Å². The van der Waals surface area contributed by atoms with Crippen LogP contribution in [-0.4, -0.2) is 40.9 Å².